The average molecular weight is 329 g/mol. The smallest absolute Gasteiger partial charge is 0.246 e. The van der Waals surface area contributed by atoms with Crippen LogP contribution in [0.1, 0.15) is 32.1 Å². The molecule has 24 heavy (non-hydrogen) atoms. The first-order chi connectivity index (χ1) is 11.7. The second kappa shape index (κ2) is 8.01. The Bertz CT molecular complexity index is 652. The largest absolute Gasteiger partial charge is 0.347 e. The van der Waals surface area contributed by atoms with Crippen LogP contribution in [0.2, 0.25) is 0 Å². The van der Waals surface area contributed by atoms with Gasteiger partial charge in [-0.25, -0.2) is 0 Å². The molecule has 0 aliphatic carbocycles. The van der Waals surface area contributed by atoms with Crippen molar-refractivity contribution in [2.75, 3.05) is 13.1 Å². The van der Waals surface area contributed by atoms with Gasteiger partial charge in [-0.05, 0) is 49.9 Å². The number of aromatic nitrogens is 3. The third kappa shape index (κ3) is 4.38. The number of hydrogen-bond acceptors (Lipinski definition) is 6. The fraction of sp³-hybridized carbons (Fsp3) is 0.529. The quantitative estimate of drug-likeness (QED) is 0.839. The van der Waals surface area contributed by atoms with Gasteiger partial charge in [-0.15, -0.1) is 0 Å². The molecule has 0 aromatic carbocycles. The van der Waals surface area contributed by atoms with E-state index in [-0.39, 0.29) is 12.5 Å². The maximum absolute atomic E-state index is 12.1. The van der Waals surface area contributed by atoms with Gasteiger partial charge in [0, 0.05) is 24.4 Å². The summed E-state index contributed by atoms with van der Waals surface area (Å²) in [6.45, 7) is 4.50. The Labute approximate surface area is 141 Å². The number of carbonyl (C=O) groups excluding carboxylic acids is 1. The monoisotopic (exact) mass is 329 g/mol. The van der Waals surface area contributed by atoms with Crippen molar-refractivity contribution in [3.05, 3.63) is 30.4 Å². The number of carbonyl (C=O) groups is 1. The molecule has 7 nitrogen and oxygen atoms in total. The zero-order valence-corrected chi connectivity index (χ0v) is 13.9. The number of piperidine rings is 1. The average Bonchev–Trinajstić information content (AvgIpc) is 3.10. The lowest BCUT2D eigenvalue weighted by atomic mass is 9.85. The number of pyridine rings is 1. The molecular weight excluding hydrogens is 306 g/mol. The molecule has 1 aliphatic rings. The second-order valence-electron chi connectivity index (χ2n) is 6.31. The van der Waals surface area contributed by atoms with Crippen LogP contribution in [0.25, 0.3) is 11.4 Å². The molecule has 1 aliphatic heterocycles. The van der Waals surface area contributed by atoms with Crippen LogP contribution in [0.3, 0.4) is 0 Å². The third-order valence-electron chi connectivity index (χ3n) is 4.49. The SMILES string of the molecule is CC(CC(=O)NCc1nc(-c2ccncc2)no1)C1CCCNC1. The lowest BCUT2D eigenvalue weighted by Crippen LogP contribution is -2.35. The minimum atomic E-state index is 0.0248. The van der Waals surface area contributed by atoms with E-state index in [4.69, 9.17) is 4.52 Å². The standard InChI is InChI=1S/C17H23N5O2/c1-12(14-3-2-6-19-10-14)9-15(23)20-11-16-21-17(22-24-16)13-4-7-18-8-5-13/h4-5,7-8,12,14,19H,2-3,6,9-11H2,1H3,(H,20,23). The van der Waals surface area contributed by atoms with Crippen molar-refractivity contribution in [1.82, 2.24) is 25.8 Å². The first kappa shape index (κ1) is 16.6. The highest BCUT2D eigenvalue weighted by Crippen LogP contribution is 2.22. The predicted molar refractivity (Wildman–Crippen MR) is 88.8 cm³/mol. The van der Waals surface area contributed by atoms with Crippen molar-refractivity contribution in [1.29, 1.82) is 0 Å². The number of hydrogen-bond donors (Lipinski definition) is 2. The zero-order valence-electron chi connectivity index (χ0n) is 13.9. The molecule has 2 aromatic rings. The molecule has 0 bridgehead atoms. The summed E-state index contributed by atoms with van der Waals surface area (Å²) >= 11 is 0. The van der Waals surface area contributed by atoms with Crippen molar-refractivity contribution in [2.24, 2.45) is 11.8 Å². The van der Waals surface area contributed by atoms with Gasteiger partial charge in [0.2, 0.25) is 17.6 Å². The topological polar surface area (TPSA) is 92.9 Å². The van der Waals surface area contributed by atoms with Gasteiger partial charge in [-0.1, -0.05) is 12.1 Å². The van der Waals surface area contributed by atoms with Gasteiger partial charge in [0.25, 0.3) is 0 Å². The van der Waals surface area contributed by atoms with Crippen LogP contribution in [-0.4, -0.2) is 34.1 Å². The molecule has 3 rings (SSSR count). The van der Waals surface area contributed by atoms with E-state index >= 15 is 0 Å². The highest BCUT2D eigenvalue weighted by atomic mass is 16.5. The summed E-state index contributed by atoms with van der Waals surface area (Å²) in [5.74, 6) is 1.88. The van der Waals surface area contributed by atoms with Crippen LogP contribution < -0.4 is 10.6 Å². The second-order valence-corrected chi connectivity index (χ2v) is 6.31. The van der Waals surface area contributed by atoms with E-state index < -0.39 is 0 Å². The normalized spacial score (nSPS) is 19.0. The molecule has 3 heterocycles. The summed E-state index contributed by atoms with van der Waals surface area (Å²) in [6, 6.07) is 3.63. The molecule has 2 aromatic heterocycles. The Morgan fingerprint density at radius 3 is 3.04 bits per heavy atom. The van der Waals surface area contributed by atoms with Crippen LogP contribution in [0.15, 0.2) is 29.0 Å². The minimum absolute atomic E-state index is 0.0248. The molecule has 2 N–H and O–H groups in total. The van der Waals surface area contributed by atoms with Gasteiger partial charge in [-0.3, -0.25) is 9.78 Å². The van der Waals surface area contributed by atoms with E-state index in [1.54, 1.807) is 12.4 Å². The molecule has 1 saturated heterocycles. The van der Waals surface area contributed by atoms with Crippen molar-refractivity contribution in [3.8, 4) is 11.4 Å². The van der Waals surface area contributed by atoms with Crippen molar-refractivity contribution >= 4 is 5.91 Å². The minimum Gasteiger partial charge on any atom is -0.347 e. The van der Waals surface area contributed by atoms with Gasteiger partial charge in [0.05, 0.1) is 6.54 Å². The van der Waals surface area contributed by atoms with E-state index in [0.29, 0.717) is 30.0 Å². The predicted octanol–water partition coefficient (Wildman–Crippen LogP) is 1.77. The Morgan fingerprint density at radius 2 is 2.29 bits per heavy atom. The summed E-state index contributed by atoms with van der Waals surface area (Å²) < 4.78 is 5.18. The molecule has 0 radical (unpaired) electrons. The van der Waals surface area contributed by atoms with Gasteiger partial charge in [0.1, 0.15) is 0 Å². The van der Waals surface area contributed by atoms with Gasteiger partial charge < -0.3 is 15.2 Å². The number of amides is 1. The lowest BCUT2D eigenvalue weighted by molar-refractivity contribution is -0.122. The highest BCUT2D eigenvalue weighted by Gasteiger charge is 2.22. The molecule has 2 atom stereocenters. The first-order valence-corrected chi connectivity index (χ1v) is 8.43. The molecule has 0 spiro atoms. The van der Waals surface area contributed by atoms with Crippen molar-refractivity contribution < 1.29 is 9.32 Å². The Hall–Kier alpha value is -2.28. The zero-order chi connectivity index (χ0) is 16.8. The molecule has 7 heteroatoms. The van der Waals surface area contributed by atoms with Crippen LogP contribution in [0, 0.1) is 11.8 Å². The molecule has 1 fully saturated rings. The van der Waals surface area contributed by atoms with Gasteiger partial charge in [-0.2, -0.15) is 4.98 Å². The molecule has 1 amide bonds. The first-order valence-electron chi connectivity index (χ1n) is 8.43. The number of nitrogens with zero attached hydrogens (tertiary/aromatic N) is 3. The fourth-order valence-electron chi connectivity index (χ4n) is 3.01. The Balaban J connectivity index is 1.47. The van der Waals surface area contributed by atoms with Crippen LogP contribution in [-0.2, 0) is 11.3 Å². The van der Waals surface area contributed by atoms with Crippen LogP contribution in [0.4, 0.5) is 0 Å². The number of rotatable bonds is 6. The van der Waals surface area contributed by atoms with Crippen LogP contribution in [0.5, 0.6) is 0 Å². The fourth-order valence-corrected chi connectivity index (χ4v) is 3.01. The highest BCUT2D eigenvalue weighted by molar-refractivity contribution is 5.76. The molecule has 0 saturated carbocycles. The summed E-state index contributed by atoms with van der Waals surface area (Å²) in [4.78, 5) is 20.4. The molecular formula is C17H23N5O2. The molecule has 2 unspecified atom stereocenters. The van der Waals surface area contributed by atoms with E-state index in [0.717, 1.165) is 18.7 Å². The maximum Gasteiger partial charge on any atom is 0.246 e. The maximum atomic E-state index is 12.1. The summed E-state index contributed by atoms with van der Waals surface area (Å²) in [6.07, 6.45) is 6.26. The number of nitrogens with one attached hydrogen (secondary N) is 2. The van der Waals surface area contributed by atoms with E-state index in [1.165, 1.54) is 12.8 Å². The molecule has 128 valence electrons. The van der Waals surface area contributed by atoms with Crippen LogP contribution >= 0.6 is 0 Å². The van der Waals surface area contributed by atoms with Crippen molar-refractivity contribution in [2.45, 2.75) is 32.7 Å². The van der Waals surface area contributed by atoms with E-state index in [9.17, 15) is 4.79 Å². The Morgan fingerprint density at radius 1 is 1.46 bits per heavy atom. The lowest BCUT2D eigenvalue weighted by Gasteiger charge is -2.27. The summed E-state index contributed by atoms with van der Waals surface area (Å²) in [5, 5.41) is 10.2. The van der Waals surface area contributed by atoms with E-state index in [1.807, 2.05) is 12.1 Å². The van der Waals surface area contributed by atoms with Gasteiger partial charge in [0.15, 0.2) is 0 Å². The van der Waals surface area contributed by atoms with Gasteiger partial charge >= 0.3 is 0 Å². The van der Waals surface area contributed by atoms with Crippen molar-refractivity contribution in [3.63, 3.8) is 0 Å². The summed E-state index contributed by atoms with van der Waals surface area (Å²) in [5.41, 5.74) is 0.838. The van der Waals surface area contributed by atoms with E-state index in [2.05, 4.69) is 32.7 Å². The summed E-state index contributed by atoms with van der Waals surface area (Å²) in [7, 11) is 0. The Kier molecular flexibility index (Phi) is 5.53. The third-order valence-corrected chi connectivity index (χ3v) is 4.49.